The summed E-state index contributed by atoms with van der Waals surface area (Å²) in [5, 5.41) is 16.4. The maximum atomic E-state index is 13.7. The van der Waals surface area contributed by atoms with Crippen LogP contribution >= 0.6 is 23.2 Å². The van der Waals surface area contributed by atoms with Crippen molar-refractivity contribution in [3.05, 3.63) is 92.7 Å². The molecule has 2 aliphatic heterocycles. The molecule has 4 heterocycles. The van der Waals surface area contributed by atoms with Gasteiger partial charge in [-0.05, 0) is 99.1 Å². The Kier molecular flexibility index (Phi) is 9.71. The Hall–Kier alpha value is -4.29. The first kappa shape index (κ1) is 37.3. The van der Waals surface area contributed by atoms with Crippen LogP contribution in [0.15, 0.2) is 48.7 Å². The molecular formula is C43H47Cl2N7O4. The summed E-state index contributed by atoms with van der Waals surface area (Å²) in [6.45, 7) is 4.30. The lowest BCUT2D eigenvalue weighted by Crippen LogP contribution is -2.43. The highest BCUT2D eigenvalue weighted by atomic mass is 35.5. The van der Waals surface area contributed by atoms with Gasteiger partial charge >= 0.3 is 5.97 Å². The first-order valence-corrected chi connectivity index (χ1v) is 20.7. The molecule has 9 rings (SSSR count). The van der Waals surface area contributed by atoms with Gasteiger partial charge in [-0.2, -0.15) is 0 Å². The van der Waals surface area contributed by atoms with Crippen molar-refractivity contribution in [2.45, 2.75) is 89.8 Å². The van der Waals surface area contributed by atoms with Crippen molar-refractivity contribution in [1.29, 1.82) is 0 Å². The van der Waals surface area contributed by atoms with E-state index >= 15 is 0 Å². The number of carbonyl (C=O) groups excluding carboxylic acids is 2. The number of pyridine rings is 1. The number of anilines is 2. The van der Waals surface area contributed by atoms with Gasteiger partial charge in [0.25, 0.3) is 11.8 Å². The van der Waals surface area contributed by atoms with Crippen LogP contribution in [0.3, 0.4) is 0 Å². The highest BCUT2D eigenvalue weighted by Crippen LogP contribution is 2.63. The number of carbonyl (C=O) groups is 3. The van der Waals surface area contributed by atoms with E-state index in [0.29, 0.717) is 56.7 Å². The number of aromatic nitrogens is 3. The molecule has 3 aliphatic carbocycles. The smallest absolute Gasteiger partial charge is 0.309 e. The predicted octanol–water partition coefficient (Wildman–Crippen LogP) is 7.99. The Balaban J connectivity index is 0.858. The molecule has 292 valence electrons. The number of nitrogens with one attached hydrogen (secondary N) is 2. The molecule has 11 nitrogen and oxygen atoms in total. The summed E-state index contributed by atoms with van der Waals surface area (Å²) < 4.78 is 1.87. The van der Waals surface area contributed by atoms with Gasteiger partial charge in [-0.1, -0.05) is 53.9 Å². The standard InChI is InChI=1S/C43H47Cl2N7O4/c1-50-35-12-18-51(20-17-42-13-15-43(25-42,16-14-42)41(55)56)24-34(35)47-38(50)40(54)49-32-10-4-8-30(37(32)45)29-7-3-9-31(36(29)44)48-39(53)33-21-26-11-19-52(28-5-2-6-28)23-27(26)22-46-33/h3-4,7-10,21-22,28H,2,5-6,11-20,23-25H2,1H3,(H,48,53)(H,49,54)(H,55,56). The summed E-state index contributed by atoms with van der Waals surface area (Å²) in [4.78, 5) is 53.3. The largest absolute Gasteiger partial charge is 0.481 e. The summed E-state index contributed by atoms with van der Waals surface area (Å²) >= 11 is 13.9. The summed E-state index contributed by atoms with van der Waals surface area (Å²) in [5.41, 5.74) is 6.33. The molecule has 3 N–H and O–H groups in total. The Bertz CT molecular complexity index is 2240. The number of benzene rings is 2. The minimum absolute atomic E-state index is 0.137. The van der Waals surface area contributed by atoms with Gasteiger partial charge < -0.3 is 20.3 Å². The van der Waals surface area contributed by atoms with E-state index in [1.807, 2.05) is 36.0 Å². The molecule has 13 heteroatoms. The Morgan fingerprint density at radius 2 is 1.59 bits per heavy atom. The molecule has 0 spiro atoms. The number of halogens is 2. The maximum Gasteiger partial charge on any atom is 0.309 e. The maximum absolute atomic E-state index is 13.7. The van der Waals surface area contributed by atoms with Gasteiger partial charge in [0.2, 0.25) is 0 Å². The van der Waals surface area contributed by atoms with Gasteiger partial charge in [-0.3, -0.25) is 29.2 Å². The van der Waals surface area contributed by atoms with Crippen LogP contribution in [0.2, 0.25) is 10.0 Å². The third-order valence-electron chi connectivity index (χ3n) is 13.7. The van der Waals surface area contributed by atoms with Crippen molar-refractivity contribution in [2.75, 3.05) is 30.3 Å². The molecule has 4 aromatic rings. The number of fused-ring (bicyclic) bond motifs is 4. The van der Waals surface area contributed by atoms with Crippen LogP contribution in [-0.4, -0.2) is 72.9 Å². The number of imidazole rings is 1. The summed E-state index contributed by atoms with van der Waals surface area (Å²) in [6, 6.07) is 13.3. The van der Waals surface area contributed by atoms with Crippen LogP contribution in [0.25, 0.3) is 11.1 Å². The van der Waals surface area contributed by atoms with Crippen molar-refractivity contribution in [3.8, 4) is 11.1 Å². The van der Waals surface area contributed by atoms with E-state index in [2.05, 4.69) is 25.4 Å². The molecule has 5 aliphatic rings. The first-order chi connectivity index (χ1) is 27.0. The Morgan fingerprint density at radius 1 is 0.893 bits per heavy atom. The molecule has 56 heavy (non-hydrogen) atoms. The van der Waals surface area contributed by atoms with Gasteiger partial charge in [0, 0.05) is 68.7 Å². The minimum atomic E-state index is -0.625. The number of rotatable bonds is 10. The number of hydrogen-bond donors (Lipinski definition) is 3. The molecular weight excluding hydrogens is 749 g/mol. The molecule has 3 fully saturated rings. The zero-order chi connectivity index (χ0) is 38.8. The fourth-order valence-corrected chi connectivity index (χ4v) is 10.6. The fraction of sp³-hybridized carbons (Fsp3) is 0.465. The normalized spacial score (nSPS) is 23.3. The number of carboxylic acid groups (broad SMARTS) is 1. The zero-order valence-electron chi connectivity index (χ0n) is 31.7. The van der Waals surface area contributed by atoms with Gasteiger partial charge in [-0.15, -0.1) is 0 Å². The van der Waals surface area contributed by atoms with E-state index in [1.165, 1.54) is 24.8 Å². The molecule has 2 aromatic carbocycles. The lowest BCUT2D eigenvalue weighted by Gasteiger charge is -2.40. The number of hydrogen-bond acceptors (Lipinski definition) is 7. The van der Waals surface area contributed by atoms with E-state index < -0.39 is 11.4 Å². The first-order valence-electron chi connectivity index (χ1n) is 19.9. The third kappa shape index (κ3) is 6.70. The molecule has 0 saturated heterocycles. The van der Waals surface area contributed by atoms with E-state index in [0.717, 1.165) is 94.5 Å². The number of nitrogens with zero attached hydrogens (tertiary/aromatic N) is 5. The van der Waals surface area contributed by atoms with Crippen LogP contribution in [0.4, 0.5) is 11.4 Å². The van der Waals surface area contributed by atoms with Crippen molar-refractivity contribution >= 4 is 52.4 Å². The van der Waals surface area contributed by atoms with E-state index in [4.69, 9.17) is 28.2 Å². The monoisotopic (exact) mass is 795 g/mol. The van der Waals surface area contributed by atoms with Crippen molar-refractivity contribution < 1.29 is 19.5 Å². The summed E-state index contributed by atoms with van der Waals surface area (Å²) in [5.74, 6) is -1.02. The second kappa shape index (κ2) is 14.6. The molecule has 0 unspecified atom stereocenters. The van der Waals surface area contributed by atoms with Crippen molar-refractivity contribution in [1.82, 2.24) is 24.3 Å². The van der Waals surface area contributed by atoms with Crippen LogP contribution in [0.5, 0.6) is 0 Å². The molecule has 0 atom stereocenters. The van der Waals surface area contributed by atoms with Crippen LogP contribution < -0.4 is 10.6 Å². The van der Waals surface area contributed by atoms with Crippen LogP contribution in [0.1, 0.15) is 101 Å². The number of carboxylic acids is 1. The molecule has 2 aromatic heterocycles. The average Bonchev–Trinajstić information content (AvgIpc) is 3.86. The van der Waals surface area contributed by atoms with Crippen LogP contribution in [-0.2, 0) is 37.8 Å². The second-order valence-corrected chi connectivity index (χ2v) is 17.6. The van der Waals surface area contributed by atoms with Crippen LogP contribution in [0, 0.1) is 10.8 Å². The molecule has 2 amide bonds. The zero-order valence-corrected chi connectivity index (χ0v) is 33.2. The second-order valence-electron chi connectivity index (χ2n) is 16.8. The highest BCUT2D eigenvalue weighted by molar-refractivity contribution is 6.40. The predicted molar refractivity (Wildman–Crippen MR) is 216 cm³/mol. The lowest BCUT2D eigenvalue weighted by atomic mass is 9.80. The minimum Gasteiger partial charge on any atom is -0.481 e. The van der Waals surface area contributed by atoms with Gasteiger partial charge in [0.1, 0.15) is 5.69 Å². The molecule has 0 radical (unpaired) electrons. The number of aliphatic carboxylic acids is 1. The van der Waals surface area contributed by atoms with E-state index in [-0.39, 0.29) is 17.2 Å². The lowest BCUT2D eigenvalue weighted by molar-refractivity contribution is -0.148. The summed E-state index contributed by atoms with van der Waals surface area (Å²) in [6.07, 6.45) is 12.7. The van der Waals surface area contributed by atoms with E-state index in [1.54, 1.807) is 24.3 Å². The fourth-order valence-electron chi connectivity index (χ4n) is 10.0. The quantitative estimate of drug-likeness (QED) is 0.147. The topological polar surface area (TPSA) is 133 Å². The van der Waals surface area contributed by atoms with Gasteiger partial charge in [-0.25, -0.2) is 4.98 Å². The van der Waals surface area contributed by atoms with Crippen molar-refractivity contribution in [3.63, 3.8) is 0 Å². The number of amides is 2. The van der Waals surface area contributed by atoms with E-state index in [9.17, 15) is 19.5 Å². The van der Waals surface area contributed by atoms with Gasteiger partial charge in [0.05, 0.1) is 32.5 Å². The Labute approximate surface area is 336 Å². The van der Waals surface area contributed by atoms with Gasteiger partial charge in [0.15, 0.2) is 5.82 Å². The molecule has 2 bridgehead atoms. The molecule has 3 saturated carbocycles. The Morgan fingerprint density at radius 3 is 2.23 bits per heavy atom. The average molecular weight is 797 g/mol. The third-order valence-corrected chi connectivity index (χ3v) is 14.5. The summed E-state index contributed by atoms with van der Waals surface area (Å²) in [7, 11) is 1.87. The van der Waals surface area contributed by atoms with Crippen molar-refractivity contribution in [2.24, 2.45) is 17.9 Å². The SMILES string of the molecule is Cn1c(C(=O)Nc2cccc(-c3cccc(NC(=O)c4cc5c(cn4)CN(C4CCC4)CC5)c3Cl)c2Cl)nc2c1CCN(CCC13CCC(C(=O)O)(CC1)C3)C2. The highest BCUT2D eigenvalue weighted by Gasteiger charge is 2.57.